The average Bonchev–Trinajstić information content (AvgIpc) is 3.72. The van der Waals surface area contributed by atoms with E-state index < -0.39 is 23.8 Å². The molecule has 7 aromatic rings. The molecule has 0 bridgehead atoms. The normalized spacial score (nSPS) is 10.9. The van der Waals surface area contributed by atoms with Gasteiger partial charge in [-0.2, -0.15) is 0 Å². The van der Waals surface area contributed by atoms with Gasteiger partial charge in [0.25, 0.3) is 0 Å². The lowest BCUT2D eigenvalue weighted by Crippen LogP contribution is -2.13. The molecule has 0 radical (unpaired) electrons. The highest BCUT2D eigenvalue weighted by Gasteiger charge is 2.23. The Hall–Kier alpha value is -6.24. The molecule has 7 rings (SSSR count). The number of aromatic amines is 1. The van der Waals surface area contributed by atoms with Crippen molar-refractivity contribution in [3.05, 3.63) is 118 Å². The molecule has 14 heteroatoms. The Morgan fingerprint density at radius 1 is 0.642 bits per heavy atom. The SMILES string of the molecule is COC(=O)COc1ccc(Cl)c2[nH]c3cccc(C(N)=O)c3c12.COC(=O)COc1ccc(Cl)c2c1c1c(C(N)=O)cccc1n2Cc1ccccc1. The number of nitrogens with two attached hydrogens (primary N) is 2. The summed E-state index contributed by atoms with van der Waals surface area (Å²) in [5.74, 6) is -1.31. The van der Waals surface area contributed by atoms with Gasteiger partial charge in [0.2, 0.25) is 11.8 Å². The number of primary amides is 2. The molecule has 0 unspecified atom stereocenters. The fraction of sp³-hybridized carbons (Fsp3) is 0.128. The van der Waals surface area contributed by atoms with E-state index in [0.717, 1.165) is 11.1 Å². The number of carbonyl (C=O) groups is 4. The van der Waals surface area contributed by atoms with E-state index in [9.17, 15) is 19.2 Å². The second-order valence-electron chi connectivity index (χ2n) is 11.6. The first-order valence-corrected chi connectivity index (χ1v) is 16.8. The van der Waals surface area contributed by atoms with E-state index in [0.29, 0.717) is 77.3 Å². The van der Waals surface area contributed by atoms with Crippen molar-refractivity contribution in [2.24, 2.45) is 11.5 Å². The Labute approximate surface area is 312 Å². The third kappa shape index (κ3) is 7.27. The molecular weight excluding hydrogens is 723 g/mol. The standard InChI is InChI=1S/C23H19ClN2O4.C16H13ClN2O4/c1-29-19(27)13-30-18-11-10-16(24)22-21(18)20-15(23(25)28)8-5-9-17(20)26(22)12-14-6-3-2-4-7-14;1-22-12(20)7-23-11-6-5-9(17)15-14(11)13-8(16(18)21)3-2-4-10(13)19-15/h2-11H,12-13H2,1H3,(H2,25,28);2-6,19H,7H2,1H3,(H2,18,21). The van der Waals surface area contributed by atoms with Gasteiger partial charge in [-0.15, -0.1) is 0 Å². The minimum Gasteiger partial charge on any atom is -0.481 e. The van der Waals surface area contributed by atoms with Crippen LogP contribution < -0.4 is 20.9 Å². The molecule has 5 aromatic carbocycles. The van der Waals surface area contributed by atoms with Gasteiger partial charge in [-0.05, 0) is 54.1 Å². The molecule has 0 aliphatic carbocycles. The molecule has 0 spiro atoms. The van der Waals surface area contributed by atoms with Gasteiger partial charge in [0.05, 0.1) is 51.6 Å². The topological polar surface area (TPSA) is 178 Å². The van der Waals surface area contributed by atoms with Crippen LogP contribution in [0.15, 0.2) is 91.0 Å². The summed E-state index contributed by atoms with van der Waals surface area (Å²) in [5.41, 5.74) is 15.7. The van der Waals surface area contributed by atoms with E-state index in [2.05, 4.69) is 14.5 Å². The lowest BCUT2D eigenvalue weighted by atomic mass is 10.1. The predicted molar refractivity (Wildman–Crippen MR) is 203 cm³/mol. The number of esters is 2. The van der Waals surface area contributed by atoms with E-state index in [1.54, 1.807) is 48.5 Å². The van der Waals surface area contributed by atoms with Crippen molar-refractivity contribution in [3.8, 4) is 11.5 Å². The van der Waals surface area contributed by atoms with Gasteiger partial charge in [0, 0.05) is 34.0 Å². The second-order valence-corrected chi connectivity index (χ2v) is 12.5. The number of amides is 2. The zero-order valence-electron chi connectivity index (χ0n) is 28.4. The largest absolute Gasteiger partial charge is 0.481 e. The summed E-state index contributed by atoms with van der Waals surface area (Å²) in [7, 11) is 2.57. The highest BCUT2D eigenvalue weighted by molar-refractivity contribution is 6.38. The van der Waals surface area contributed by atoms with E-state index >= 15 is 0 Å². The molecular formula is C39H32Cl2N4O8. The monoisotopic (exact) mass is 754 g/mol. The third-order valence-electron chi connectivity index (χ3n) is 8.49. The molecule has 0 saturated heterocycles. The molecule has 5 N–H and O–H groups in total. The Morgan fingerprint density at radius 2 is 1.21 bits per heavy atom. The second kappa shape index (κ2) is 15.6. The quantitative estimate of drug-likeness (QED) is 0.128. The average molecular weight is 756 g/mol. The van der Waals surface area contributed by atoms with Gasteiger partial charge in [-0.1, -0.05) is 65.7 Å². The van der Waals surface area contributed by atoms with Gasteiger partial charge in [0.15, 0.2) is 13.2 Å². The zero-order chi connectivity index (χ0) is 37.8. The van der Waals surface area contributed by atoms with Crippen LogP contribution >= 0.6 is 23.2 Å². The van der Waals surface area contributed by atoms with Crippen LogP contribution in [0.4, 0.5) is 0 Å². The molecule has 2 amide bonds. The van der Waals surface area contributed by atoms with Gasteiger partial charge in [0.1, 0.15) is 11.5 Å². The highest BCUT2D eigenvalue weighted by atomic mass is 35.5. The van der Waals surface area contributed by atoms with E-state index in [4.69, 9.17) is 44.1 Å². The Morgan fingerprint density at radius 3 is 1.81 bits per heavy atom. The smallest absolute Gasteiger partial charge is 0.343 e. The van der Waals surface area contributed by atoms with Crippen molar-refractivity contribution in [3.63, 3.8) is 0 Å². The zero-order valence-corrected chi connectivity index (χ0v) is 29.9. The number of nitrogens with one attached hydrogen (secondary N) is 1. The highest BCUT2D eigenvalue weighted by Crippen LogP contribution is 2.42. The maximum absolute atomic E-state index is 12.2. The molecule has 53 heavy (non-hydrogen) atoms. The molecule has 2 heterocycles. The van der Waals surface area contributed by atoms with E-state index in [-0.39, 0.29) is 13.2 Å². The number of hydrogen-bond donors (Lipinski definition) is 3. The first-order valence-electron chi connectivity index (χ1n) is 16.0. The number of nitrogens with zero attached hydrogens (tertiary/aromatic N) is 1. The van der Waals surface area contributed by atoms with Crippen molar-refractivity contribution in [2.45, 2.75) is 6.54 Å². The van der Waals surface area contributed by atoms with Crippen LogP contribution in [0.5, 0.6) is 11.5 Å². The van der Waals surface area contributed by atoms with Crippen LogP contribution in [0.3, 0.4) is 0 Å². The van der Waals surface area contributed by atoms with Crippen molar-refractivity contribution in [1.82, 2.24) is 9.55 Å². The number of aromatic nitrogens is 2. The van der Waals surface area contributed by atoms with E-state index in [1.165, 1.54) is 14.2 Å². The summed E-state index contributed by atoms with van der Waals surface area (Å²) in [4.78, 5) is 50.0. The maximum Gasteiger partial charge on any atom is 0.343 e. The molecule has 0 aliphatic heterocycles. The Kier molecular flexibility index (Phi) is 10.7. The number of ether oxygens (including phenoxy) is 4. The Bertz CT molecular complexity index is 2550. The first kappa shape index (κ1) is 36.5. The van der Waals surface area contributed by atoms with Gasteiger partial charge < -0.3 is 40.0 Å². The van der Waals surface area contributed by atoms with Crippen molar-refractivity contribution in [2.75, 3.05) is 27.4 Å². The van der Waals surface area contributed by atoms with Crippen molar-refractivity contribution >= 4 is 90.6 Å². The Balaban J connectivity index is 0.000000188. The van der Waals surface area contributed by atoms with Gasteiger partial charge in [-0.3, -0.25) is 9.59 Å². The lowest BCUT2D eigenvalue weighted by Gasteiger charge is -2.11. The number of hydrogen-bond acceptors (Lipinski definition) is 8. The third-order valence-corrected chi connectivity index (χ3v) is 9.11. The molecule has 12 nitrogen and oxygen atoms in total. The van der Waals surface area contributed by atoms with Crippen LogP contribution in [-0.2, 0) is 25.6 Å². The van der Waals surface area contributed by atoms with Crippen LogP contribution in [0.25, 0.3) is 43.6 Å². The van der Waals surface area contributed by atoms with E-state index in [1.807, 2.05) is 47.0 Å². The summed E-state index contributed by atoms with van der Waals surface area (Å²) >= 11 is 12.8. The number of methoxy groups -OCH3 is 2. The molecule has 270 valence electrons. The minimum atomic E-state index is -0.560. The molecule has 0 aliphatic rings. The molecule has 0 saturated carbocycles. The van der Waals surface area contributed by atoms with Crippen LogP contribution in [0.2, 0.25) is 10.0 Å². The number of rotatable bonds is 10. The molecule has 2 aromatic heterocycles. The van der Waals surface area contributed by atoms with Crippen LogP contribution in [-0.4, -0.2) is 60.7 Å². The van der Waals surface area contributed by atoms with Crippen LogP contribution in [0, 0.1) is 0 Å². The number of halogens is 2. The van der Waals surface area contributed by atoms with Gasteiger partial charge in [-0.25, -0.2) is 9.59 Å². The van der Waals surface area contributed by atoms with Crippen molar-refractivity contribution in [1.29, 1.82) is 0 Å². The maximum atomic E-state index is 12.2. The van der Waals surface area contributed by atoms with Crippen molar-refractivity contribution < 1.29 is 38.1 Å². The summed E-state index contributed by atoms with van der Waals surface area (Å²) < 4.78 is 22.5. The number of benzene rings is 5. The number of carbonyl (C=O) groups excluding carboxylic acids is 4. The number of fused-ring (bicyclic) bond motifs is 6. The lowest BCUT2D eigenvalue weighted by molar-refractivity contribution is -0.143. The first-order chi connectivity index (χ1) is 25.5. The minimum absolute atomic E-state index is 0.251. The fourth-order valence-corrected chi connectivity index (χ4v) is 6.63. The summed E-state index contributed by atoms with van der Waals surface area (Å²) in [6.07, 6.45) is 0. The summed E-state index contributed by atoms with van der Waals surface area (Å²) in [6, 6.07) is 27.1. The van der Waals surface area contributed by atoms with Gasteiger partial charge >= 0.3 is 11.9 Å². The predicted octanol–water partition coefficient (Wildman–Crippen LogP) is 6.77. The summed E-state index contributed by atoms with van der Waals surface area (Å²) in [6.45, 7) is 0.0131. The summed E-state index contributed by atoms with van der Waals surface area (Å²) in [5, 5.41) is 3.45. The number of H-pyrrole nitrogens is 1. The molecule has 0 fully saturated rings. The van der Waals surface area contributed by atoms with Crippen LogP contribution in [0.1, 0.15) is 26.3 Å². The fourth-order valence-electron chi connectivity index (χ4n) is 6.16. The molecule has 0 atom stereocenters.